The van der Waals surface area contributed by atoms with E-state index in [0.29, 0.717) is 6.42 Å². The number of allylic oxidation sites excluding steroid dienone is 2. The lowest BCUT2D eigenvalue weighted by Crippen LogP contribution is -2.36. The highest BCUT2D eigenvalue weighted by Crippen LogP contribution is 2.21. The Morgan fingerprint density at radius 3 is 2.77 bits per heavy atom. The molecule has 5 heteroatoms. The number of nitrogens with zero attached hydrogens (tertiary/aromatic N) is 1. The number of unbranched alkanes of at least 4 members (excludes halogenated alkanes) is 1. The lowest BCUT2D eigenvalue weighted by Gasteiger charge is -2.32. The van der Waals surface area contributed by atoms with E-state index in [1.54, 1.807) is 7.05 Å². The smallest absolute Gasteiger partial charge is 0.290 e. The van der Waals surface area contributed by atoms with Crippen LogP contribution in [0.1, 0.15) is 51.9 Å². The number of nitrogens with one attached hydrogen (secondary N) is 1. The van der Waals surface area contributed by atoms with E-state index in [1.165, 1.54) is 45.3 Å². The minimum Gasteiger partial charge on any atom is -0.483 e. The Morgan fingerprint density at radius 2 is 2.14 bits per heavy atom. The van der Waals surface area contributed by atoms with Crippen molar-refractivity contribution in [2.75, 3.05) is 26.7 Å². The third-order valence-corrected chi connectivity index (χ3v) is 3.91. The minimum absolute atomic E-state index is 0.182. The van der Waals surface area contributed by atoms with E-state index in [0.717, 1.165) is 18.8 Å². The van der Waals surface area contributed by atoms with Gasteiger partial charge in [0.25, 0.3) is 6.47 Å². The number of hydrogen-bond donors (Lipinski definition) is 2. The van der Waals surface area contributed by atoms with Crippen LogP contribution in [0, 0.1) is 5.92 Å². The Bertz CT molecular complexity index is 319. The normalized spacial score (nSPS) is 18.5. The molecule has 1 aliphatic rings. The van der Waals surface area contributed by atoms with Crippen molar-refractivity contribution < 1.29 is 14.7 Å². The van der Waals surface area contributed by atoms with Gasteiger partial charge in [-0.15, -0.1) is 0 Å². The molecule has 1 rings (SSSR count). The number of rotatable bonds is 8. The molecule has 128 valence electrons. The second-order valence-electron chi connectivity index (χ2n) is 5.65. The van der Waals surface area contributed by atoms with Gasteiger partial charge in [-0.05, 0) is 57.5 Å². The van der Waals surface area contributed by atoms with E-state index in [2.05, 4.69) is 29.3 Å². The topological polar surface area (TPSA) is 69.6 Å². The van der Waals surface area contributed by atoms with Crippen LogP contribution in [0.4, 0.5) is 0 Å². The fraction of sp³-hybridized carbons (Fsp3) is 0.765. The number of hydrogen-bond acceptors (Lipinski definition) is 3. The molecule has 1 fully saturated rings. The van der Waals surface area contributed by atoms with Crippen molar-refractivity contribution in [3.05, 3.63) is 12.2 Å². The Morgan fingerprint density at radius 1 is 1.41 bits per heavy atom. The molecule has 0 aromatic rings. The van der Waals surface area contributed by atoms with Gasteiger partial charge in [-0.3, -0.25) is 9.59 Å². The zero-order chi connectivity index (χ0) is 16.6. The molecule has 5 nitrogen and oxygen atoms in total. The summed E-state index contributed by atoms with van der Waals surface area (Å²) >= 11 is 0. The lowest BCUT2D eigenvalue weighted by atomic mass is 9.93. The maximum Gasteiger partial charge on any atom is 0.290 e. The first kappa shape index (κ1) is 20.6. The average molecular weight is 312 g/mol. The number of amides is 1. The quantitative estimate of drug-likeness (QED) is 0.411. The molecule has 0 aromatic carbocycles. The first-order chi connectivity index (χ1) is 10.7. The van der Waals surface area contributed by atoms with Gasteiger partial charge in [0, 0.05) is 20.0 Å². The predicted molar refractivity (Wildman–Crippen MR) is 89.8 cm³/mol. The molecule has 0 spiro atoms. The number of likely N-dealkylation sites (tertiary alicyclic amines) is 1. The predicted octanol–water partition coefficient (Wildman–Crippen LogP) is 2.67. The third kappa shape index (κ3) is 11.3. The summed E-state index contributed by atoms with van der Waals surface area (Å²) in [6.07, 6.45) is 12.5. The summed E-state index contributed by atoms with van der Waals surface area (Å²) in [5.41, 5.74) is 0. The highest BCUT2D eigenvalue weighted by molar-refractivity contribution is 5.75. The van der Waals surface area contributed by atoms with Crippen LogP contribution in [-0.2, 0) is 9.59 Å². The summed E-state index contributed by atoms with van der Waals surface area (Å²) < 4.78 is 0. The minimum atomic E-state index is -0.250. The molecule has 0 radical (unpaired) electrons. The Labute approximate surface area is 134 Å². The molecule has 1 unspecified atom stereocenters. The molecule has 1 heterocycles. The summed E-state index contributed by atoms with van der Waals surface area (Å²) in [6, 6.07) is 0. The van der Waals surface area contributed by atoms with Crippen molar-refractivity contribution in [1.82, 2.24) is 10.2 Å². The van der Waals surface area contributed by atoms with Crippen molar-refractivity contribution in [2.45, 2.75) is 51.9 Å². The van der Waals surface area contributed by atoms with Crippen molar-refractivity contribution >= 4 is 12.4 Å². The van der Waals surface area contributed by atoms with Gasteiger partial charge in [0.15, 0.2) is 0 Å². The van der Waals surface area contributed by atoms with Crippen LogP contribution in [-0.4, -0.2) is 49.1 Å². The average Bonchev–Trinajstić information content (AvgIpc) is 2.53. The van der Waals surface area contributed by atoms with E-state index in [1.807, 2.05) is 0 Å². The second-order valence-corrected chi connectivity index (χ2v) is 5.65. The first-order valence-electron chi connectivity index (χ1n) is 8.33. The van der Waals surface area contributed by atoms with Crippen LogP contribution in [0.5, 0.6) is 0 Å². The molecular weight excluding hydrogens is 280 g/mol. The van der Waals surface area contributed by atoms with Crippen LogP contribution in [0.25, 0.3) is 0 Å². The van der Waals surface area contributed by atoms with E-state index in [4.69, 9.17) is 9.90 Å². The number of carbonyl (C=O) groups excluding carboxylic acids is 1. The van der Waals surface area contributed by atoms with E-state index in [9.17, 15) is 4.79 Å². The van der Waals surface area contributed by atoms with Gasteiger partial charge in [-0.2, -0.15) is 0 Å². The summed E-state index contributed by atoms with van der Waals surface area (Å²) in [5.74, 6) is 0.902. The van der Waals surface area contributed by atoms with Gasteiger partial charge in [0.1, 0.15) is 0 Å². The van der Waals surface area contributed by atoms with Crippen molar-refractivity contribution in [2.24, 2.45) is 5.92 Å². The van der Waals surface area contributed by atoms with Gasteiger partial charge < -0.3 is 15.3 Å². The second kappa shape index (κ2) is 14.6. The van der Waals surface area contributed by atoms with Crippen molar-refractivity contribution in [1.29, 1.82) is 0 Å². The maximum atomic E-state index is 11.3. The van der Waals surface area contributed by atoms with E-state index < -0.39 is 0 Å². The first-order valence-corrected chi connectivity index (χ1v) is 8.33. The molecular formula is C17H32N2O3. The Hall–Kier alpha value is -1.36. The summed E-state index contributed by atoms with van der Waals surface area (Å²) in [7, 11) is 1.72. The molecule has 1 amide bonds. The van der Waals surface area contributed by atoms with Gasteiger partial charge >= 0.3 is 0 Å². The highest BCUT2D eigenvalue weighted by atomic mass is 16.3. The van der Waals surface area contributed by atoms with Gasteiger partial charge in [-0.25, -0.2) is 0 Å². The van der Waals surface area contributed by atoms with E-state index in [-0.39, 0.29) is 12.4 Å². The zero-order valence-electron chi connectivity index (χ0n) is 14.1. The largest absolute Gasteiger partial charge is 0.483 e. The lowest BCUT2D eigenvalue weighted by molar-refractivity contribution is -0.123. The molecule has 0 saturated carbocycles. The molecule has 1 atom stereocenters. The van der Waals surface area contributed by atoms with Crippen molar-refractivity contribution in [3.8, 4) is 0 Å². The van der Waals surface area contributed by atoms with Crippen LogP contribution >= 0.6 is 0 Å². The molecule has 0 aliphatic carbocycles. The fourth-order valence-electron chi connectivity index (χ4n) is 2.77. The van der Waals surface area contributed by atoms with Crippen LogP contribution in [0.15, 0.2) is 12.2 Å². The Kier molecular flexibility index (Phi) is 13.7. The molecule has 0 bridgehead atoms. The SMILES string of the molecule is CC/C=C\CCCN1CCCC(CCC(=O)NC)C1.O=CO. The van der Waals surface area contributed by atoms with Crippen LogP contribution in [0.3, 0.4) is 0 Å². The van der Waals surface area contributed by atoms with Gasteiger partial charge in [-0.1, -0.05) is 19.1 Å². The number of carboxylic acid groups (broad SMARTS) is 1. The molecule has 1 saturated heterocycles. The van der Waals surface area contributed by atoms with Crippen LogP contribution in [0.2, 0.25) is 0 Å². The summed E-state index contributed by atoms with van der Waals surface area (Å²) in [6.45, 7) is 5.57. The van der Waals surface area contributed by atoms with Crippen LogP contribution < -0.4 is 5.32 Å². The fourth-order valence-corrected chi connectivity index (χ4v) is 2.77. The third-order valence-electron chi connectivity index (χ3n) is 3.91. The molecule has 0 aromatic heterocycles. The number of carbonyl (C=O) groups is 2. The number of piperidine rings is 1. The highest BCUT2D eigenvalue weighted by Gasteiger charge is 2.19. The van der Waals surface area contributed by atoms with Gasteiger partial charge in [0.05, 0.1) is 0 Å². The summed E-state index contributed by atoms with van der Waals surface area (Å²) in [4.78, 5) is 22.2. The van der Waals surface area contributed by atoms with Crippen molar-refractivity contribution in [3.63, 3.8) is 0 Å². The standard InChI is InChI=1S/C16H30N2O.CH2O2/c1-3-4-5-6-7-12-18-13-8-9-15(14-18)10-11-16(19)17-2;2-1-3/h4-5,15H,3,6-14H2,1-2H3,(H,17,19);1H,(H,2,3)/b5-4-;. The summed E-state index contributed by atoms with van der Waals surface area (Å²) in [5, 5.41) is 9.60. The maximum absolute atomic E-state index is 11.3. The van der Waals surface area contributed by atoms with E-state index >= 15 is 0 Å². The molecule has 1 aliphatic heterocycles. The van der Waals surface area contributed by atoms with Gasteiger partial charge in [0.2, 0.25) is 5.91 Å². The monoisotopic (exact) mass is 312 g/mol. The molecule has 2 N–H and O–H groups in total. The Balaban J connectivity index is 0.00000135. The molecule has 22 heavy (non-hydrogen) atoms. The zero-order valence-corrected chi connectivity index (χ0v) is 14.1.